The second-order valence-electron chi connectivity index (χ2n) is 9.52. The number of nitrogens with zero attached hydrogens (tertiary/aromatic N) is 2. The normalized spacial score (nSPS) is 16.9. The predicted molar refractivity (Wildman–Crippen MR) is 135 cm³/mol. The monoisotopic (exact) mass is 494 g/mol. The average Bonchev–Trinajstić information content (AvgIpc) is 2.82. The molecular formula is C25H42N4O4S. The molecule has 0 radical (unpaired) electrons. The first kappa shape index (κ1) is 28.3. The van der Waals surface area contributed by atoms with E-state index in [0.29, 0.717) is 25.6 Å². The fourth-order valence-corrected chi connectivity index (χ4v) is 5.81. The first-order valence-electron chi connectivity index (χ1n) is 12.5. The van der Waals surface area contributed by atoms with Crippen LogP contribution in [0.1, 0.15) is 64.2 Å². The number of rotatable bonds is 12. The minimum Gasteiger partial charge on any atom is -0.354 e. The van der Waals surface area contributed by atoms with Gasteiger partial charge in [-0.05, 0) is 56.0 Å². The number of hydrogen-bond acceptors (Lipinski definition) is 5. The molecule has 0 bridgehead atoms. The van der Waals surface area contributed by atoms with E-state index in [1.54, 1.807) is 26.0 Å². The van der Waals surface area contributed by atoms with E-state index >= 15 is 0 Å². The van der Waals surface area contributed by atoms with Gasteiger partial charge in [0.2, 0.25) is 15.9 Å². The van der Waals surface area contributed by atoms with Gasteiger partial charge in [-0.2, -0.15) is 4.31 Å². The number of amides is 2. The molecule has 2 rings (SSSR count). The molecule has 34 heavy (non-hydrogen) atoms. The topological polar surface area (TPSA) is 98.8 Å². The Bertz CT molecular complexity index is 909. The van der Waals surface area contributed by atoms with Crippen molar-refractivity contribution < 1.29 is 18.0 Å². The summed E-state index contributed by atoms with van der Waals surface area (Å²) in [7, 11) is -3.68. The second-order valence-corrected chi connectivity index (χ2v) is 11.5. The highest BCUT2D eigenvalue weighted by atomic mass is 32.2. The molecule has 2 atom stereocenters. The number of nitrogens with one attached hydrogen (secondary N) is 2. The molecule has 2 amide bonds. The number of hydrogen-bond donors (Lipinski definition) is 2. The molecule has 192 valence electrons. The Morgan fingerprint density at radius 1 is 1.06 bits per heavy atom. The maximum Gasteiger partial charge on any atom is 0.251 e. The largest absolute Gasteiger partial charge is 0.354 e. The van der Waals surface area contributed by atoms with E-state index in [1.165, 1.54) is 35.7 Å². The average molecular weight is 495 g/mol. The van der Waals surface area contributed by atoms with Crippen molar-refractivity contribution in [2.24, 2.45) is 11.8 Å². The minimum atomic E-state index is -3.68. The molecule has 2 N–H and O–H groups in total. The smallest absolute Gasteiger partial charge is 0.251 e. The maximum atomic E-state index is 12.9. The number of likely N-dealkylation sites (tertiary alicyclic amines) is 1. The molecule has 8 nitrogen and oxygen atoms in total. The van der Waals surface area contributed by atoms with Crippen molar-refractivity contribution >= 4 is 21.8 Å². The highest BCUT2D eigenvalue weighted by Gasteiger charge is 2.27. The van der Waals surface area contributed by atoms with Crippen molar-refractivity contribution in [1.29, 1.82) is 0 Å². The highest BCUT2D eigenvalue weighted by molar-refractivity contribution is 7.89. The summed E-state index contributed by atoms with van der Waals surface area (Å²) in [6.45, 7) is 13.9. The van der Waals surface area contributed by atoms with Crippen molar-refractivity contribution in [2.45, 2.75) is 64.8 Å². The van der Waals surface area contributed by atoms with Crippen LogP contribution in [0.4, 0.5) is 0 Å². The van der Waals surface area contributed by atoms with E-state index in [2.05, 4.69) is 22.5 Å². The third-order valence-electron chi connectivity index (χ3n) is 6.32. The third-order valence-corrected chi connectivity index (χ3v) is 8.36. The molecule has 9 heteroatoms. The van der Waals surface area contributed by atoms with Gasteiger partial charge in [-0.1, -0.05) is 47.1 Å². The third kappa shape index (κ3) is 7.78. The maximum absolute atomic E-state index is 12.9. The summed E-state index contributed by atoms with van der Waals surface area (Å²) in [5.41, 5.74) is 0.213. The standard InChI is InChI=1S/C25H42N4O4S/c1-6-29(7-2)34(32,33)22-13-11-12-21(16-22)24(30)27-23(19(3)4)25(31)26-17-20(5)18-28-14-9-8-10-15-28/h11-13,16,19-20,23H,6-10,14-15,17-18H2,1-5H3,(H,26,31)(H,27,30). The quantitative estimate of drug-likeness (QED) is 0.466. The molecule has 0 saturated carbocycles. The van der Waals surface area contributed by atoms with Gasteiger partial charge in [-0.3, -0.25) is 9.59 Å². The van der Waals surface area contributed by atoms with Crippen LogP contribution in [-0.2, 0) is 14.8 Å². The summed E-state index contributed by atoms with van der Waals surface area (Å²) in [6, 6.07) is 5.27. The molecule has 0 spiro atoms. The highest BCUT2D eigenvalue weighted by Crippen LogP contribution is 2.17. The van der Waals surface area contributed by atoms with Crippen molar-refractivity contribution in [3.05, 3.63) is 29.8 Å². The van der Waals surface area contributed by atoms with Crippen molar-refractivity contribution in [3.63, 3.8) is 0 Å². The van der Waals surface area contributed by atoms with Crippen LogP contribution in [-0.4, -0.2) is 74.7 Å². The fraction of sp³-hybridized carbons (Fsp3) is 0.680. The summed E-state index contributed by atoms with van der Waals surface area (Å²) in [6.07, 6.45) is 3.76. The van der Waals surface area contributed by atoms with E-state index in [-0.39, 0.29) is 22.3 Å². The first-order valence-corrected chi connectivity index (χ1v) is 13.9. The molecule has 1 fully saturated rings. The van der Waals surface area contributed by atoms with Gasteiger partial charge in [-0.15, -0.1) is 0 Å². The molecule has 1 aromatic carbocycles. The Balaban J connectivity index is 2.02. The molecule has 2 unspecified atom stereocenters. The summed E-state index contributed by atoms with van der Waals surface area (Å²) < 4.78 is 27.0. The molecule has 1 aliphatic heterocycles. The Morgan fingerprint density at radius 3 is 2.29 bits per heavy atom. The van der Waals surface area contributed by atoms with Crippen molar-refractivity contribution in [2.75, 3.05) is 39.3 Å². The van der Waals surface area contributed by atoms with Crippen LogP contribution in [0.15, 0.2) is 29.2 Å². The van der Waals surface area contributed by atoms with Crippen LogP contribution >= 0.6 is 0 Å². The van der Waals surface area contributed by atoms with E-state index in [4.69, 9.17) is 0 Å². The van der Waals surface area contributed by atoms with Gasteiger partial charge in [0.1, 0.15) is 6.04 Å². The van der Waals surface area contributed by atoms with E-state index in [0.717, 1.165) is 19.6 Å². The van der Waals surface area contributed by atoms with Gasteiger partial charge in [0, 0.05) is 31.7 Å². The van der Waals surface area contributed by atoms with Crippen LogP contribution in [0.5, 0.6) is 0 Å². The minimum absolute atomic E-state index is 0.0703. The lowest BCUT2D eigenvalue weighted by molar-refractivity contribution is -0.124. The van der Waals surface area contributed by atoms with Crippen LogP contribution in [0.25, 0.3) is 0 Å². The lowest BCUT2D eigenvalue weighted by Gasteiger charge is -2.29. The van der Waals surface area contributed by atoms with Gasteiger partial charge in [-0.25, -0.2) is 8.42 Å². The van der Waals surface area contributed by atoms with Gasteiger partial charge < -0.3 is 15.5 Å². The number of piperidine rings is 1. The number of carbonyl (C=O) groups is 2. The summed E-state index contributed by atoms with van der Waals surface area (Å²) >= 11 is 0. The zero-order valence-corrected chi connectivity index (χ0v) is 22.2. The number of benzene rings is 1. The molecule has 1 saturated heterocycles. The van der Waals surface area contributed by atoms with Crippen LogP contribution < -0.4 is 10.6 Å². The second kappa shape index (κ2) is 13.2. The van der Waals surface area contributed by atoms with Crippen molar-refractivity contribution in [3.8, 4) is 0 Å². The predicted octanol–water partition coefficient (Wildman–Crippen LogP) is 2.71. The van der Waals surface area contributed by atoms with E-state index in [9.17, 15) is 18.0 Å². The van der Waals surface area contributed by atoms with Crippen LogP contribution in [0.2, 0.25) is 0 Å². The van der Waals surface area contributed by atoms with E-state index in [1.807, 2.05) is 13.8 Å². The van der Waals surface area contributed by atoms with E-state index < -0.39 is 22.0 Å². The Morgan fingerprint density at radius 2 is 1.71 bits per heavy atom. The summed E-state index contributed by atoms with van der Waals surface area (Å²) in [4.78, 5) is 28.4. The number of sulfonamides is 1. The van der Waals surface area contributed by atoms with Gasteiger partial charge in [0.05, 0.1) is 4.90 Å². The lowest BCUT2D eigenvalue weighted by Crippen LogP contribution is -2.51. The zero-order chi connectivity index (χ0) is 25.3. The summed E-state index contributed by atoms with van der Waals surface area (Å²) in [5.74, 6) is -0.496. The van der Waals surface area contributed by atoms with Crippen LogP contribution in [0.3, 0.4) is 0 Å². The van der Waals surface area contributed by atoms with Crippen LogP contribution in [0, 0.1) is 11.8 Å². The SMILES string of the molecule is CCN(CC)S(=O)(=O)c1cccc(C(=O)NC(C(=O)NCC(C)CN2CCCCC2)C(C)C)c1. The Kier molecular flexibility index (Phi) is 11.0. The Labute approximate surface area is 205 Å². The molecule has 1 heterocycles. The van der Waals surface area contributed by atoms with Gasteiger partial charge in [0.25, 0.3) is 5.91 Å². The number of carbonyl (C=O) groups excluding carboxylic acids is 2. The van der Waals surface area contributed by atoms with Gasteiger partial charge >= 0.3 is 0 Å². The molecule has 1 aliphatic rings. The van der Waals surface area contributed by atoms with Gasteiger partial charge in [0.15, 0.2) is 0 Å². The van der Waals surface area contributed by atoms with Crippen molar-refractivity contribution in [1.82, 2.24) is 19.8 Å². The molecule has 1 aromatic rings. The fourth-order valence-electron chi connectivity index (χ4n) is 4.30. The summed E-state index contributed by atoms with van der Waals surface area (Å²) in [5, 5.41) is 5.80. The first-order chi connectivity index (χ1) is 16.1. The zero-order valence-electron chi connectivity index (χ0n) is 21.3. The lowest BCUT2D eigenvalue weighted by atomic mass is 10.0. The molecular weight excluding hydrogens is 452 g/mol. The molecule has 0 aliphatic carbocycles. The Hall–Kier alpha value is -1.97. The molecule has 0 aromatic heterocycles.